The molecule has 2 aromatic carbocycles. The number of aromatic nitrogens is 1. The van der Waals surface area contributed by atoms with Gasteiger partial charge in [-0.15, -0.1) is 11.3 Å². The summed E-state index contributed by atoms with van der Waals surface area (Å²) in [5.74, 6) is 4.83. The van der Waals surface area contributed by atoms with E-state index in [9.17, 15) is 14.0 Å². The van der Waals surface area contributed by atoms with Crippen LogP contribution in [0.5, 0.6) is 0 Å². The number of aliphatic imine (C=N–C) groups is 1. The quantitative estimate of drug-likeness (QED) is 0.0548. The van der Waals surface area contributed by atoms with E-state index in [2.05, 4.69) is 53.2 Å². The summed E-state index contributed by atoms with van der Waals surface area (Å²) in [5.41, 5.74) is 9.99. The minimum absolute atomic E-state index is 0.201. The van der Waals surface area contributed by atoms with Crippen molar-refractivity contribution in [3.63, 3.8) is 0 Å². The Labute approximate surface area is 309 Å². The predicted molar refractivity (Wildman–Crippen MR) is 214 cm³/mol. The van der Waals surface area contributed by atoms with Gasteiger partial charge in [0.2, 0.25) is 6.29 Å². The summed E-state index contributed by atoms with van der Waals surface area (Å²) in [7, 11) is 1.87. The van der Waals surface area contributed by atoms with Crippen LogP contribution in [-0.2, 0) is 21.7 Å². The van der Waals surface area contributed by atoms with Crippen molar-refractivity contribution in [3.8, 4) is 11.8 Å². The van der Waals surface area contributed by atoms with Crippen LogP contribution in [0.4, 0.5) is 4.39 Å². The zero-order chi connectivity index (χ0) is 38.1. The zero-order valence-electron chi connectivity index (χ0n) is 31.4. The van der Waals surface area contributed by atoms with Crippen molar-refractivity contribution >= 4 is 41.0 Å². The summed E-state index contributed by atoms with van der Waals surface area (Å²) < 4.78 is 14.8. The number of amides is 1. The number of rotatable bonds is 15. The molecule has 1 heterocycles. The predicted octanol–water partition coefficient (Wildman–Crippen LogP) is 8.00. The summed E-state index contributed by atoms with van der Waals surface area (Å²) >= 11 is 1.56. The summed E-state index contributed by atoms with van der Waals surface area (Å²) in [6, 6.07) is 12.7. The van der Waals surface area contributed by atoms with E-state index in [-0.39, 0.29) is 24.7 Å². The molecule has 0 radical (unpaired) electrons. The molecular weight excluding hydrogens is 660 g/mol. The molecule has 0 bridgehead atoms. The number of benzene rings is 2. The van der Waals surface area contributed by atoms with Crippen molar-refractivity contribution in [2.75, 3.05) is 13.6 Å². The molecular formula is C41H57FN6O2S. The molecule has 4 rings (SSSR count). The third kappa shape index (κ3) is 15.5. The Hall–Kier alpha value is -4.59. The van der Waals surface area contributed by atoms with Gasteiger partial charge in [-0.3, -0.25) is 14.6 Å². The van der Waals surface area contributed by atoms with Crippen LogP contribution in [-0.4, -0.2) is 43.0 Å². The van der Waals surface area contributed by atoms with E-state index >= 15 is 0 Å². The average Bonchev–Trinajstić information content (AvgIpc) is 3.75. The van der Waals surface area contributed by atoms with Crippen LogP contribution in [0.1, 0.15) is 107 Å². The number of halogens is 1. The van der Waals surface area contributed by atoms with E-state index in [0.29, 0.717) is 16.8 Å². The minimum atomic E-state index is -0.678. The van der Waals surface area contributed by atoms with Crippen LogP contribution < -0.4 is 21.7 Å². The number of aldehydes is 1. The highest BCUT2D eigenvalue weighted by molar-refractivity contribution is 7.10. The Kier molecular flexibility index (Phi) is 22.1. The fourth-order valence-electron chi connectivity index (χ4n) is 5.05. The van der Waals surface area contributed by atoms with E-state index in [0.717, 1.165) is 66.8 Å². The lowest BCUT2D eigenvalue weighted by molar-refractivity contribution is -0.131. The second-order valence-corrected chi connectivity index (χ2v) is 12.1. The molecule has 1 fully saturated rings. The lowest BCUT2D eigenvalue weighted by Crippen LogP contribution is -2.29. The summed E-state index contributed by atoms with van der Waals surface area (Å²) in [4.78, 5) is 30.8. The van der Waals surface area contributed by atoms with Crippen molar-refractivity contribution in [1.29, 1.82) is 0 Å². The maximum Gasteiger partial charge on any atom is 0.284 e. The zero-order valence-corrected chi connectivity index (χ0v) is 32.3. The van der Waals surface area contributed by atoms with E-state index in [1.54, 1.807) is 29.8 Å². The van der Waals surface area contributed by atoms with Gasteiger partial charge in [-0.1, -0.05) is 91.1 Å². The van der Waals surface area contributed by atoms with Crippen molar-refractivity contribution in [2.45, 2.75) is 98.2 Å². The monoisotopic (exact) mass is 716 g/mol. The highest BCUT2D eigenvalue weighted by atomic mass is 32.1. The number of allylic oxidation sites excluding steroid dienone is 1. The molecule has 276 valence electrons. The van der Waals surface area contributed by atoms with Gasteiger partial charge in [0.15, 0.2) is 5.01 Å². The standard InChI is InChI=1S/C30H37FN4O2.C7H8N2S.2C2H6/c1-4-8-27(9-5-2)33-19-24(17-32)23-14-25(16-26(31)15-23)30(12-13-30)35-21(3)28-11-7-6-10-22(28)18-34-29(37)20-36;1-8-4-2-3-7-9-5-6-10-7;2*1-2/h6-7,10-11,14-17,19-20,27,35H,3-5,8-9,12-13,18,32H2,1-2H3,(H,34,37);5-6,8H,4H2,1H3;2*1-2H3/b24-17+,33-19?;;;. The first kappa shape index (κ1) is 44.4. The first-order valence-electron chi connectivity index (χ1n) is 17.9. The first-order valence-corrected chi connectivity index (χ1v) is 18.7. The van der Waals surface area contributed by atoms with Crippen molar-refractivity contribution in [3.05, 3.63) is 99.9 Å². The van der Waals surface area contributed by atoms with Crippen LogP contribution in [0.25, 0.3) is 11.3 Å². The number of carbonyl (C=O) groups is 2. The first-order chi connectivity index (χ1) is 24.8. The van der Waals surface area contributed by atoms with Crippen LogP contribution in [0.3, 0.4) is 0 Å². The van der Waals surface area contributed by atoms with Gasteiger partial charge in [0.1, 0.15) is 5.82 Å². The Morgan fingerprint density at radius 3 is 2.39 bits per heavy atom. The minimum Gasteiger partial charge on any atom is -0.404 e. The van der Waals surface area contributed by atoms with E-state index in [1.807, 2.05) is 70.5 Å². The molecule has 51 heavy (non-hydrogen) atoms. The maximum absolute atomic E-state index is 14.8. The third-order valence-electron chi connectivity index (χ3n) is 7.57. The Morgan fingerprint density at radius 2 is 1.82 bits per heavy atom. The smallest absolute Gasteiger partial charge is 0.284 e. The Balaban J connectivity index is 0.000000783. The van der Waals surface area contributed by atoms with Crippen LogP contribution in [0, 0.1) is 17.7 Å². The van der Waals surface area contributed by atoms with E-state index in [1.165, 1.54) is 12.3 Å². The molecule has 0 aliphatic heterocycles. The number of hydrogen-bond acceptors (Lipinski definition) is 8. The lowest BCUT2D eigenvalue weighted by Gasteiger charge is -2.23. The summed E-state index contributed by atoms with van der Waals surface area (Å²) in [6.07, 6.45) is 11.0. The SMILES string of the molecule is C=C(NC1(c2cc(F)cc(/C(C=NC(CCC)CCC)=C/N)c2)CC1)c1ccccc1CNC(=O)C=O.CC.CC.CNCC#Cc1nccs1. The second kappa shape index (κ2) is 25.4. The van der Waals surface area contributed by atoms with E-state index < -0.39 is 11.4 Å². The van der Waals surface area contributed by atoms with Gasteiger partial charge in [0, 0.05) is 53.4 Å². The molecule has 8 nitrogen and oxygen atoms in total. The average molecular weight is 717 g/mol. The highest BCUT2D eigenvalue weighted by Gasteiger charge is 2.45. The number of thiazole rings is 1. The second-order valence-electron chi connectivity index (χ2n) is 11.2. The van der Waals surface area contributed by atoms with Gasteiger partial charge in [0.25, 0.3) is 5.91 Å². The molecule has 0 unspecified atom stereocenters. The van der Waals surface area contributed by atoms with Gasteiger partial charge >= 0.3 is 0 Å². The number of carbonyl (C=O) groups excluding carboxylic acids is 2. The van der Waals surface area contributed by atoms with Gasteiger partial charge < -0.3 is 21.7 Å². The van der Waals surface area contributed by atoms with Gasteiger partial charge in [-0.2, -0.15) is 0 Å². The van der Waals surface area contributed by atoms with Crippen LogP contribution in [0.15, 0.2) is 71.8 Å². The van der Waals surface area contributed by atoms with E-state index in [4.69, 9.17) is 10.7 Å². The van der Waals surface area contributed by atoms with Crippen molar-refractivity contribution in [1.82, 2.24) is 20.9 Å². The molecule has 0 atom stereocenters. The Morgan fingerprint density at radius 1 is 1.14 bits per heavy atom. The molecule has 3 aromatic rings. The molecule has 1 saturated carbocycles. The summed E-state index contributed by atoms with van der Waals surface area (Å²) in [6.45, 7) is 17.4. The number of hydrogen-bond donors (Lipinski definition) is 4. The number of nitrogens with zero attached hydrogens (tertiary/aromatic N) is 2. The third-order valence-corrected chi connectivity index (χ3v) is 8.26. The molecule has 1 aliphatic carbocycles. The van der Waals surface area contributed by atoms with Crippen LogP contribution >= 0.6 is 11.3 Å². The van der Waals surface area contributed by atoms with Crippen molar-refractivity contribution < 1.29 is 14.0 Å². The van der Waals surface area contributed by atoms with Gasteiger partial charge in [-0.05, 0) is 73.5 Å². The molecule has 1 amide bonds. The van der Waals surface area contributed by atoms with Crippen LogP contribution in [0.2, 0.25) is 0 Å². The number of nitrogens with two attached hydrogens (primary N) is 1. The normalized spacial score (nSPS) is 12.5. The van der Waals surface area contributed by atoms with Gasteiger partial charge in [-0.25, -0.2) is 9.37 Å². The molecule has 1 aromatic heterocycles. The fourth-order valence-corrected chi connectivity index (χ4v) is 5.55. The Bertz CT molecular complexity index is 1600. The molecule has 10 heteroatoms. The topological polar surface area (TPSA) is 121 Å². The summed E-state index contributed by atoms with van der Waals surface area (Å²) in [5, 5.41) is 11.8. The largest absolute Gasteiger partial charge is 0.404 e. The molecule has 0 spiro atoms. The number of nitrogens with one attached hydrogen (secondary N) is 3. The molecule has 0 saturated heterocycles. The lowest BCUT2D eigenvalue weighted by atomic mass is 9.97. The highest BCUT2D eigenvalue weighted by Crippen LogP contribution is 2.47. The fraction of sp³-hybridized carbons (Fsp3) is 0.415. The van der Waals surface area contributed by atoms with Crippen molar-refractivity contribution in [2.24, 2.45) is 10.7 Å². The van der Waals surface area contributed by atoms with Gasteiger partial charge in [0.05, 0.1) is 12.1 Å². The molecule has 5 N–H and O–H groups in total. The molecule has 1 aliphatic rings. The maximum atomic E-state index is 14.8.